The molecule has 19 heavy (non-hydrogen) atoms. The number of hydrogen-bond acceptors (Lipinski definition) is 2. The van der Waals surface area contributed by atoms with Crippen molar-refractivity contribution in [2.45, 2.75) is 13.5 Å². The third-order valence-electron chi connectivity index (χ3n) is 3.08. The van der Waals surface area contributed by atoms with Gasteiger partial charge in [0.05, 0.1) is 6.54 Å². The predicted molar refractivity (Wildman–Crippen MR) is 78.3 cm³/mol. The van der Waals surface area contributed by atoms with Crippen LogP contribution >= 0.6 is 0 Å². The molecule has 0 radical (unpaired) electrons. The van der Waals surface area contributed by atoms with Crippen LogP contribution in [-0.2, 0) is 6.54 Å². The zero-order valence-corrected chi connectivity index (χ0v) is 11.5. The first-order valence-electron chi connectivity index (χ1n) is 6.47. The highest BCUT2D eigenvalue weighted by Gasteiger charge is 2.09. The number of carbonyl (C=O) groups is 1. The molecule has 2 nitrogen and oxygen atoms in total. The zero-order chi connectivity index (χ0) is 13.7. The summed E-state index contributed by atoms with van der Waals surface area (Å²) in [4.78, 5) is 14.1. The molecular weight excluding hydrogens is 234 g/mol. The molecule has 2 aromatic carbocycles. The highest BCUT2D eigenvalue weighted by atomic mass is 16.1. The number of rotatable bonds is 5. The fraction of sp³-hybridized carbons (Fsp3) is 0.235. The van der Waals surface area contributed by atoms with Crippen LogP contribution < -0.4 is 0 Å². The molecule has 0 aliphatic rings. The SMILES string of the molecule is Cc1ccc(CN(C)CC(=O)c2ccccc2)cc1. The van der Waals surface area contributed by atoms with E-state index >= 15 is 0 Å². The fourth-order valence-electron chi connectivity index (χ4n) is 2.02. The summed E-state index contributed by atoms with van der Waals surface area (Å²) in [6.07, 6.45) is 0. The van der Waals surface area contributed by atoms with Gasteiger partial charge in [-0.15, -0.1) is 0 Å². The van der Waals surface area contributed by atoms with E-state index in [-0.39, 0.29) is 5.78 Å². The summed E-state index contributed by atoms with van der Waals surface area (Å²) >= 11 is 0. The predicted octanol–water partition coefficient (Wildman–Crippen LogP) is 3.31. The van der Waals surface area contributed by atoms with E-state index in [1.165, 1.54) is 11.1 Å². The number of benzene rings is 2. The van der Waals surface area contributed by atoms with Crippen LogP contribution in [0, 0.1) is 6.92 Å². The number of nitrogens with zero attached hydrogens (tertiary/aromatic N) is 1. The van der Waals surface area contributed by atoms with Crippen molar-refractivity contribution in [3.63, 3.8) is 0 Å². The molecule has 0 atom stereocenters. The molecule has 0 heterocycles. The van der Waals surface area contributed by atoms with E-state index in [9.17, 15) is 4.79 Å². The van der Waals surface area contributed by atoms with Crippen LogP contribution in [0.1, 0.15) is 21.5 Å². The van der Waals surface area contributed by atoms with Gasteiger partial charge in [-0.25, -0.2) is 0 Å². The van der Waals surface area contributed by atoms with Gasteiger partial charge in [0, 0.05) is 12.1 Å². The van der Waals surface area contributed by atoms with Gasteiger partial charge >= 0.3 is 0 Å². The minimum atomic E-state index is 0.162. The van der Waals surface area contributed by atoms with E-state index in [1.54, 1.807) is 0 Å². The van der Waals surface area contributed by atoms with E-state index in [1.807, 2.05) is 42.3 Å². The molecule has 0 bridgehead atoms. The van der Waals surface area contributed by atoms with Crippen molar-refractivity contribution in [1.29, 1.82) is 0 Å². The summed E-state index contributed by atoms with van der Waals surface area (Å²) in [6.45, 7) is 3.31. The average molecular weight is 253 g/mol. The lowest BCUT2D eigenvalue weighted by molar-refractivity contribution is 0.0943. The van der Waals surface area contributed by atoms with E-state index < -0.39 is 0 Å². The van der Waals surface area contributed by atoms with E-state index in [0.717, 1.165) is 12.1 Å². The topological polar surface area (TPSA) is 20.3 Å². The van der Waals surface area contributed by atoms with Gasteiger partial charge in [0.15, 0.2) is 5.78 Å². The second-order valence-corrected chi connectivity index (χ2v) is 4.95. The second kappa shape index (κ2) is 6.30. The summed E-state index contributed by atoms with van der Waals surface area (Å²) in [5.74, 6) is 0.162. The first-order valence-corrected chi connectivity index (χ1v) is 6.47. The Morgan fingerprint density at radius 3 is 2.26 bits per heavy atom. The number of Topliss-reactive ketones (excluding diaryl/α,β-unsaturated/α-hetero) is 1. The molecule has 0 N–H and O–H groups in total. The molecule has 2 aromatic rings. The van der Waals surface area contributed by atoms with Crippen LogP contribution in [0.3, 0.4) is 0 Å². The van der Waals surface area contributed by atoms with Crippen LogP contribution in [0.5, 0.6) is 0 Å². The van der Waals surface area contributed by atoms with Crippen LogP contribution in [0.2, 0.25) is 0 Å². The first kappa shape index (κ1) is 13.5. The third kappa shape index (κ3) is 4.04. The fourth-order valence-corrected chi connectivity index (χ4v) is 2.02. The van der Waals surface area contributed by atoms with Gasteiger partial charge in [-0.1, -0.05) is 60.2 Å². The van der Waals surface area contributed by atoms with E-state index in [2.05, 4.69) is 31.2 Å². The Labute approximate surface area is 114 Å². The number of hydrogen-bond donors (Lipinski definition) is 0. The molecule has 0 amide bonds. The molecule has 0 spiro atoms. The third-order valence-corrected chi connectivity index (χ3v) is 3.08. The monoisotopic (exact) mass is 253 g/mol. The minimum Gasteiger partial charge on any atom is -0.295 e. The van der Waals surface area contributed by atoms with Gasteiger partial charge in [-0.3, -0.25) is 9.69 Å². The lowest BCUT2D eigenvalue weighted by atomic mass is 10.1. The second-order valence-electron chi connectivity index (χ2n) is 4.95. The number of ketones is 1. The van der Waals surface area contributed by atoms with E-state index in [0.29, 0.717) is 6.54 Å². The Morgan fingerprint density at radius 2 is 1.63 bits per heavy atom. The highest BCUT2D eigenvalue weighted by Crippen LogP contribution is 2.07. The average Bonchev–Trinajstić information content (AvgIpc) is 2.42. The van der Waals surface area contributed by atoms with Crippen molar-refractivity contribution in [2.75, 3.05) is 13.6 Å². The summed E-state index contributed by atoms with van der Waals surface area (Å²) in [5.41, 5.74) is 3.26. The molecule has 0 saturated carbocycles. The van der Waals surface area contributed by atoms with Crippen LogP contribution in [0.15, 0.2) is 54.6 Å². The lowest BCUT2D eigenvalue weighted by Crippen LogP contribution is -2.25. The van der Waals surface area contributed by atoms with Crippen LogP contribution in [0.4, 0.5) is 0 Å². The standard InChI is InChI=1S/C17H19NO/c1-14-8-10-15(11-9-14)12-18(2)13-17(19)16-6-4-3-5-7-16/h3-11H,12-13H2,1-2H3. The zero-order valence-electron chi connectivity index (χ0n) is 11.5. The molecular formula is C17H19NO. The summed E-state index contributed by atoms with van der Waals surface area (Å²) in [5, 5.41) is 0. The largest absolute Gasteiger partial charge is 0.295 e. The molecule has 0 saturated heterocycles. The maximum Gasteiger partial charge on any atom is 0.176 e. The van der Waals surface area contributed by atoms with Crippen molar-refractivity contribution >= 4 is 5.78 Å². The quantitative estimate of drug-likeness (QED) is 0.762. The normalized spacial score (nSPS) is 10.7. The van der Waals surface area contributed by atoms with Gasteiger partial charge < -0.3 is 0 Å². The van der Waals surface area contributed by atoms with Crippen molar-refractivity contribution < 1.29 is 4.79 Å². The Bertz CT molecular complexity index is 531. The lowest BCUT2D eigenvalue weighted by Gasteiger charge is -2.16. The molecule has 0 aromatic heterocycles. The Hall–Kier alpha value is -1.93. The maximum atomic E-state index is 12.1. The van der Waals surface area contributed by atoms with Crippen molar-refractivity contribution in [3.8, 4) is 0 Å². The van der Waals surface area contributed by atoms with Gasteiger partial charge in [-0.05, 0) is 19.5 Å². The first-order chi connectivity index (χ1) is 9.15. The molecule has 0 aliphatic heterocycles. The van der Waals surface area contributed by atoms with Crippen molar-refractivity contribution in [2.24, 2.45) is 0 Å². The van der Waals surface area contributed by atoms with Gasteiger partial charge in [0.2, 0.25) is 0 Å². The Morgan fingerprint density at radius 1 is 1.00 bits per heavy atom. The molecule has 0 aliphatic carbocycles. The number of aryl methyl sites for hydroxylation is 1. The summed E-state index contributed by atoms with van der Waals surface area (Å²) in [6, 6.07) is 17.9. The smallest absolute Gasteiger partial charge is 0.176 e. The minimum absolute atomic E-state index is 0.162. The van der Waals surface area contributed by atoms with Crippen LogP contribution in [-0.4, -0.2) is 24.3 Å². The van der Waals surface area contributed by atoms with E-state index in [4.69, 9.17) is 0 Å². The van der Waals surface area contributed by atoms with Gasteiger partial charge in [-0.2, -0.15) is 0 Å². The molecule has 98 valence electrons. The number of carbonyl (C=O) groups excluding carboxylic acids is 1. The summed E-state index contributed by atoms with van der Waals surface area (Å²) in [7, 11) is 1.97. The molecule has 2 heteroatoms. The highest BCUT2D eigenvalue weighted by molar-refractivity contribution is 5.97. The molecule has 2 rings (SSSR count). The molecule has 0 fully saturated rings. The van der Waals surface area contributed by atoms with Crippen LogP contribution in [0.25, 0.3) is 0 Å². The van der Waals surface area contributed by atoms with Gasteiger partial charge in [0.25, 0.3) is 0 Å². The van der Waals surface area contributed by atoms with Crippen molar-refractivity contribution in [3.05, 3.63) is 71.3 Å². The number of likely N-dealkylation sites (N-methyl/N-ethyl adjacent to an activating group) is 1. The Balaban J connectivity index is 1.92. The maximum absolute atomic E-state index is 12.1. The van der Waals surface area contributed by atoms with Crippen molar-refractivity contribution in [1.82, 2.24) is 4.90 Å². The van der Waals surface area contributed by atoms with Gasteiger partial charge in [0.1, 0.15) is 0 Å². The Kier molecular flexibility index (Phi) is 4.48. The molecule has 0 unspecified atom stereocenters. The summed E-state index contributed by atoms with van der Waals surface area (Å²) < 4.78 is 0.